The summed E-state index contributed by atoms with van der Waals surface area (Å²) >= 11 is 0. The minimum absolute atomic E-state index is 0.120. The number of ether oxygens (including phenoxy) is 2. The SMILES string of the molecule is CNC(Cc1ccccn1)c1cc(OC)ccc1OC. The lowest BCUT2D eigenvalue weighted by Gasteiger charge is -2.20. The molecule has 4 nitrogen and oxygen atoms in total. The average molecular weight is 272 g/mol. The van der Waals surface area contributed by atoms with Crippen molar-refractivity contribution in [2.75, 3.05) is 21.3 Å². The second-order valence-corrected chi connectivity index (χ2v) is 4.47. The molecule has 4 heteroatoms. The normalized spacial score (nSPS) is 11.9. The van der Waals surface area contributed by atoms with Crippen molar-refractivity contribution < 1.29 is 9.47 Å². The Bertz CT molecular complexity index is 543. The van der Waals surface area contributed by atoms with Crippen LogP contribution in [0.4, 0.5) is 0 Å². The lowest BCUT2D eigenvalue weighted by molar-refractivity contribution is 0.391. The highest BCUT2D eigenvalue weighted by Crippen LogP contribution is 2.30. The summed E-state index contributed by atoms with van der Waals surface area (Å²) in [6, 6.07) is 11.9. The van der Waals surface area contributed by atoms with Gasteiger partial charge in [0.05, 0.1) is 14.2 Å². The largest absolute Gasteiger partial charge is 0.497 e. The molecule has 1 unspecified atom stereocenters. The molecule has 1 atom stereocenters. The van der Waals surface area contributed by atoms with Gasteiger partial charge < -0.3 is 14.8 Å². The van der Waals surface area contributed by atoms with Gasteiger partial charge in [0.15, 0.2) is 0 Å². The Labute approximate surface area is 119 Å². The van der Waals surface area contributed by atoms with E-state index in [-0.39, 0.29) is 6.04 Å². The molecule has 106 valence electrons. The van der Waals surface area contributed by atoms with Gasteiger partial charge in [-0.15, -0.1) is 0 Å². The lowest BCUT2D eigenvalue weighted by Crippen LogP contribution is -2.20. The average Bonchev–Trinajstić information content (AvgIpc) is 2.53. The minimum atomic E-state index is 0.120. The Balaban J connectivity index is 2.30. The van der Waals surface area contributed by atoms with Crippen LogP contribution in [0.15, 0.2) is 42.6 Å². The maximum atomic E-state index is 5.45. The van der Waals surface area contributed by atoms with E-state index in [1.54, 1.807) is 14.2 Å². The molecule has 1 aromatic carbocycles. The predicted octanol–water partition coefficient (Wildman–Crippen LogP) is 2.60. The third-order valence-electron chi connectivity index (χ3n) is 3.30. The fourth-order valence-corrected chi connectivity index (χ4v) is 2.21. The molecule has 2 aromatic rings. The molecule has 2 rings (SSSR count). The molecule has 1 N–H and O–H groups in total. The van der Waals surface area contributed by atoms with Gasteiger partial charge >= 0.3 is 0 Å². The summed E-state index contributed by atoms with van der Waals surface area (Å²) in [6.07, 6.45) is 2.60. The van der Waals surface area contributed by atoms with Crippen LogP contribution in [-0.4, -0.2) is 26.3 Å². The fraction of sp³-hybridized carbons (Fsp3) is 0.312. The first-order valence-corrected chi connectivity index (χ1v) is 6.57. The van der Waals surface area contributed by atoms with Crippen molar-refractivity contribution in [1.82, 2.24) is 10.3 Å². The topological polar surface area (TPSA) is 43.4 Å². The van der Waals surface area contributed by atoms with Gasteiger partial charge in [0, 0.05) is 29.9 Å². The second-order valence-electron chi connectivity index (χ2n) is 4.47. The summed E-state index contributed by atoms with van der Waals surface area (Å²) in [6.45, 7) is 0. The molecule has 0 aliphatic rings. The highest BCUT2D eigenvalue weighted by atomic mass is 16.5. The molecule has 0 saturated heterocycles. The highest BCUT2D eigenvalue weighted by Gasteiger charge is 2.16. The Morgan fingerprint density at radius 3 is 2.60 bits per heavy atom. The summed E-state index contributed by atoms with van der Waals surface area (Å²) in [4.78, 5) is 4.38. The van der Waals surface area contributed by atoms with Gasteiger partial charge in [-0.25, -0.2) is 0 Å². The van der Waals surface area contributed by atoms with E-state index in [1.165, 1.54) is 0 Å². The molecule has 0 radical (unpaired) electrons. The first-order valence-electron chi connectivity index (χ1n) is 6.57. The number of hydrogen-bond acceptors (Lipinski definition) is 4. The Morgan fingerprint density at radius 1 is 1.15 bits per heavy atom. The predicted molar refractivity (Wildman–Crippen MR) is 79.3 cm³/mol. The number of nitrogens with zero attached hydrogens (tertiary/aromatic N) is 1. The Morgan fingerprint density at radius 2 is 2.00 bits per heavy atom. The van der Waals surface area contributed by atoms with Crippen molar-refractivity contribution in [3.63, 3.8) is 0 Å². The smallest absolute Gasteiger partial charge is 0.123 e. The molecule has 0 bridgehead atoms. The molecule has 0 amide bonds. The molecule has 0 aliphatic heterocycles. The third-order valence-corrected chi connectivity index (χ3v) is 3.30. The first kappa shape index (κ1) is 14.3. The molecule has 20 heavy (non-hydrogen) atoms. The van der Waals surface area contributed by atoms with Crippen LogP contribution in [0.3, 0.4) is 0 Å². The van der Waals surface area contributed by atoms with E-state index >= 15 is 0 Å². The van der Waals surface area contributed by atoms with Gasteiger partial charge in [-0.1, -0.05) is 6.07 Å². The Hall–Kier alpha value is -2.07. The standard InChI is InChI=1S/C16H20N2O2/c1-17-15(10-12-6-4-5-9-18-12)14-11-13(19-2)7-8-16(14)20-3/h4-9,11,15,17H,10H2,1-3H3. The third kappa shape index (κ3) is 3.27. The van der Waals surface area contributed by atoms with Gasteiger partial charge in [0.25, 0.3) is 0 Å². The molecule has 1 heterocycles. The van der Waals surface area contributed by atoms with Crippen LogP contribution < -0.4 is 14.8 Å². The summed E-state index contributed by atoms with van der Waals surface area (Å²) < 4.78 is 10.7. The number of aromatic nitrogens is 1. The van der Waals surface area contributed by atoms with Crippen molar-refractivity contribution >= 4 is 0 Å². The second kappa shape index (κ2) is 6.91. The highest BCUT2D eigenvalue weighted by molar-refractivity contribution is 5.42. The van der Waals surface area contributed by atoms with E-state index in [0.717, 1.165) is 29.2 Å². The van der Waals surface area contributed by atoms with Gasteiger partial charge in [0.1, 0.15) is 11.5 Å². The molecule has 1 aromatic heterocycles. The number of methoxy groups -OCH3 is 2. The number of benzene rings is 1. The van der Waals surface area contributed by atoms with Gasteiger partial charge in [0.2, 0.25) is 0 Å². The quantitative estimate of drug-likeness (QED) is 0.878. The van der Waals surface area contributed by atoms with Crippen LogP contribution in [0.5, 0.6) is 11.5 Å². The van der Waals surface area contributed by atoms with Crippen LogP contribution in [-0.2, 0) is 6.42 Å². The van der Waals surface area contributed by atoms with E-state index in [0.29, 0.717) is 0 Å². The maximum Gasteiger partial charge on any atom is 0.123 e. The number of rotatable bonds is 6. The zero-order valence-electron chi connectivity index (χ0n) is 12.1. The number of nitrogens with one attached hydrogen (secondary N) is 1. The maximum absolute atomic E-state index is 5.45. The van der Waals surface area contributed by atoms with Gasteiger partial charge in [-0.05, 0) is 37.4 Å². The van der Waals surface area contributed by atoms with E-state index in [4.69, 9.17) is 9.47 Å². The van der Waals surface area contributed by atoms with Crippen LogP contribution >= 0.6 is 0 Å². The summed E-state index contributed by atoms with van der Waals surface area (Å²) in [5, 5.41) is 3.32. The molecular formula is C16H20N2O2. The van der Waals surface area contributed by atoms with Crippen molar-refractivity contribution in [1.29, 1.82) is 0 Å². The van der Waals surface area contributed by atoms with Crippen LogP contribution in [0.1, 0.15) is 17.3 Å². The van der Waals surface area contributed by atoms with E-state index in [2.05, 4.69) is 10.3 Å². The van der Waals surface area contributed by atoms with Crippen molar-refractivity contribution in [2.45, 2.75) is 12.5 Å². The van der Waals surface area contributed by atoms with E-state index in [1.807, 2.05) is 49.6 Å². The monoisotopic (exact) mass is 272 g/mol. The van der Waals surface area contributed by atoms with Crippen molar-refractivity contribution in [3.8, 4) is 11.5 Å². The number of likely N-dealkylation sites (N-methyl/N-ethyl adjacent to an activating group) is 1. The fourth-order valence-electron chi connectivity index (χ4n) is 2.21. The van der Waals surface area contributed by atoms with Crippen LogP contribution in [0.25, 0.3) is 0 Å². The Kier molecular flexibility index (Phi) is 4.96. The molecular weight excluding hydrogens is 252 g/mol. The first-order chi connectivity index (χ1) is 9.78. The summed E-state index contributed by atoms with van der Waals surface area (Å²) in [5.41, 5.74) is 2.11. The zero-order chi connectivity index (χ0) is 14.4. The number of pyridine rings is 1. The zero-order valence-corrected chi connectivity index (χ0v) is 12.1. The summed E-state index contributed by atoms with van der Waals surface area (Å²) in [7, 11) is 5.28. The van der Waals surface area contributed by atoms with E-state index in [9.17, 15) is 0 Å². The number of hydrogen-bond donors (Lipinski definition) is 1. The van der Waals surface area contributed by atoms with Crippen LogP contribution in [0.2, 0.25) is 0 Å². The molecule has 0 saturated carbocycles. The van der Waals surface area contributed by atoms with Crippen molar-refractivity contribution in [3.05, 3.63) is 53.9 Å². The van der Waals surface area contributed by atoms with E-state index < -0.39 is 0 Å². The van der Waals surface area contributed by atoms with Crippen LogP contribution in [0, 0.1) is 0 Å². The molecule has 0 fully saturated rings. The van der Waals surface area contributed by atoms with Gasteiger partial charge in [-0.2, -0.15) is 0 Å². The lowest BCUT2D eigenvalue weighted by atomic mass is 10.0. The summed E-state index contributed by atoms with van der Waals surface area (Å²) in [5.74, 6) is 1.67. The molecule has 0 aliphatic carbocycles. The van der Waals surface area contributed by atoms with Gasteiger partial charge in [-0.3, -0.25) is 4.98 Å². The minimum Gasteiger partial charge on any atom is -0.497 e. The van der Waals surface area contributed by atoms with Crippen molar-refractivity contribution in [2.24, 2.45) is 0 Å². The molecule has 0 spiro atoms.